The van der Waals surface area contributed by atoms with Gasteiger partial charge in [0, 0.05) is 12.3 Å². The average Bonchev–Trinajstić information content (AvgIpc) is 2.70. The summed E-state index contributed by atoms with van der Waals surface area (Å²) in [7, 11) is 0. The Morgan fingerprint density at radius 2 is 2.07 bits per heavy atom. The van der Waals surface area contributed by atoms with Crippen molar-refractivity contribution in [2.75, 3.05) is 19.7 Å². The van der Waals surface area contributed by atoms with Gasteiger partial charge in [-0.3, -0.25) is 9.59 Å². The minimum Gasteiger partial charge on any atom is -0.468 e. The second-order valence-electron chi connectivity index (χ2n) is 8.33. The van der Waals surface area contributed by atoms with Gasteiger partial charge >= 0.3 is 0 Å². The van der Waals surface area contributed by atoms with E-state index in [0.29, 0.717) is 37.6 Å². The second-order valence-corrected chi connectivity index (χ2v) is 8.33. The normalized spacial score (nSPS) is 19.6. The first-order chi connectivity index (χ1) is 13.6. The standard InChI is InChI=1S/C24H41NO3/c1-4-10-23(17-21(3)20(2)14-16-28-19-26)24(27)13-8-6-5-7-11-22-12-9-15-25-18-22/h4,17,19-20,22-23,25H,1,5-16,18H2,2-3H3/b21-17+. The molecule has 160 valence electrons. The Kier molecular flexibility index (Phi) is 13.6. The van der Waals surface area contributed by atoms with Gasteiger partial charge in [-0.15, -0.1) is 6.58 Å². The number of piperidine rings is 1. The van der Waals surface area contributed by atoms with Crippen LogP contribution in [0.4, 0.5) is 0 Å². The van der Waals surface area contributed by atoms with Crippen molar-refractivity contribution in [3.05, 3.63) is 24.3 Å². The van der Waals surface area contributed by atoms with Gasteiger partial charge in [-0.05, 0) is 70.4 Å². The van der Waals surface area contributed by atoms with E-state index in [1.807, 2.05) is 6.08 Å². The van der Waals surface area contributed by atoms with E-state index < -0.39 is 0 Å². The molecule has 0 aromatic carbocycles. The van der Waals surface area contributed by atoms with Gasteiger partial charge < -0.3 is 10.1 Å². The number of hydrogen-bond donors (Lipinski definition) is 1. The number of rotatable bonds is 16. The van der Waals surface area contributed by atoms with Gasteiger partial charge in [-0.25, -0.2) is 0 Å². The van der Waals surface area contributed by atoms with Gasteiger partial charge in [-0.1, -0.05) is 43.9 Å². The average molecular weight is 392 g/mol. The van der Waals surface area contributed by atoms with Crippen molar-refractivity contribution >= 4 is 12.3 Å². The molecule has 0 saturated carbocycles. The highest BCUT2D eigenvalue weighted by molar-refractivity contribution is 5.82. The lowest BCUT2D eigenvalue weighted by Crippen LogP contribution is -2.29. The van der Waals surface area contributed by atoms with Gasteiger partial charge in [0.25, 0.3) is 6.47 Å². The van der Waals surface area contributed by atoms with Gasteiger partial charge in [0.1, 0.15) is 5.78 Å². The Hall–Kier alpha value is -1.42. The first kappa shape index (κ1) is 24.6. The van der Waals surface area contributed by atoms with E-state index in [1.54, 1.807) is 0 Å². The minimum absolute atomic E-state index is 0.0692. The molecule has 0 bridgehead atoms. The zero-order valence-electron chi connectivity index (χ0n) is 18.1. The maximum Gasteiger partial charge on any atom is 0.293 e. The molecule has 4 heteroatoms. The van der Waals surface area contributed by atoms with Crippen LogP contribution in [0.5, 0.6) is 0 Å². The predicted molar refractivity (Wildman–Crippen MR) is 116 cm³/mol. The zero-order chi connectivity index (χ0) is 20.6. The number of ketones is 1. The van der Waals surface area contributed by atoms with Crippen molar-refractivity contribution in [1.29, 1.82) is 0 Å². The van der Waals surface area contributed by atoms with Gasteiger partial charge in [0.2, 0.25) is 0 Å². The van der Waals surface area contributed by atoms with Gasteiger partial charge in [0.05, 0.1) is 6.61 Å². The molecule has 1 rings (SSSR count). The lowest BCUT2D eigenvalue weighted by Gasteiger charge is -2.22. The molecule has 3 unspecified atom stereocenters. The van der Waals surface area contributed by atoms with Crippen LogP contribution in [-0.2, 0) is 14.3 Å². The molecule has 1 heterocycles. The van der Waals surface area contributed by atoms with Crippen LogP contribution in [-0.4, -0.2) is 32.0 Å². The summed E-state index contributed by atoms with van der Waals surface area (Å²) in [5.41, 5.74) is 1.19. The molecule has 0 amide bonds. The van der Waals surface area contributed by atoms with E-state index >= 15 is 0 Å². The Bertz CT molecular complexity index is 480. The Labute approximate surface area is 172 Å². The van der Waals surface area contributed by atoms with Crippen molar-refractivity contribution in [1.82, 2.24) is 5.32 Å². The lowest BCUT2D eigenvalue weighted by atomic mass is 9.89. The highest BCUT2D eigenvalue weighted by Crippen LogP contribution is 2.22. The third-order valence-corrected chi connectivity index (χ3v) is 6.00. The van der Waals surface area contributed by atoms with E-state index in [9.17, 15) is 9.59 Å². The third kappa shape index (κ3) is 10.8. The molecule has 1 aliphatic heterocycles. The largest absolute Gasteiger partial charge is 0.468 e. The molecule has 28 heavy (non-hydrogen) atoms. The van der Waals surface area contributed by atoms with E-state index in [-0.39, 0.29) is 5.92 Å². The van der Waals surface area contributed by atoms with Crippen LogP contribution in [0.3, 0.4) is 0 Å². The summed E-state index contributed by atoms with van der Waals surface area (Å²) < 4.78 is 4.78. The molecule has 0 spiro atoms. The number of Topliss-reactive ketones (excluding diaryl/α,β-unsaturated/α-hetero) is 1. The predicted octanol–water partition coefficient (Wildman–Crippen LogP) is 5.23. The minimum atomic E-state index is -0.0692. The Morgan fingerprint density at radius 1 is 1.29 bits per heavy atom. The maximum atomic E-state index is 12.7. The number of ether oxygens (including phenoxy) is 1. The van der Waals surface area contributed by atoms with Crippen LogP contribution >= 0.6 is 0 Å². The SMILES string of the molecule is C=CCC(/C=C(\C)C(C)CCOC=O)C(=O)CCCCCCC1CCCNC1. The zero-order valence-corrected chi connectivity index (χ0v) is 18.1. The van der Waals surface area contributed by atoms with E-state index in [0.717, 1.165) is 25.2 Å². The van der Waals surface area contributed by atoms with Crippen LogP contribution in [0.2, 0.25) is 0 Å². The summed E-state index contributed by atoms with van der Waals surface area (Å²) in [5.74, 6) is 1.42. The molecular weight excluding hydrogens is 350 g/mol. The van der Waals surface area contributed by atoms with E-state index in [4.69, 9.17) is 4.74 Å². The second kappa shape index (κ2) is 15.5. The lowest BCUT2D eigenvalue weighted by molar-refractivity contribution is -0.129. The Morgan fingerprint density at radius 3 is 2.75 bits per heavy atom. The molecule has 0 radical (unpaired) electrons. The number of allylic oxidation sites excluding steroid dienone is 3. The smallest absolute Gasteiger partial charge is 0.293 e. The molecular formula is C24H41NO3. The first-order valence-electron chi connectivity index (χ1n) is 11.2. The topological polar surface area (TPSA) is 55.4 Å². The third-order valence-electron chi connectivity index (χ3n) is 6.00. The highest BCUT2D eigenvalue weighted by Gasteiger charge is 2.16. The number of unbranched alkanes of at least 4 members (excludes halogenated alkanes) is 3. The molecule has 3 atom stereocenters. The Balaban J connectivity index is 2.29. The number of hydrogen-bond acceptors (Lipinski definition) is 4. The fourth-order valence-corrected chi connectivity index (χ4v) is 3.92. The molecule has 1 aliphatic rings. The summed E-state index contributed by atoms with van der Waals surface area (Å²) in [6, 6.07) is 0. The molecule has 1 N–H and O–H groups in total. The van der Waals surface area contributed by atoms with Crippen LogP contribution < -0.4 is 5.32 Å². The van der Waals surface area contributed by atoms with Gasteiger partial charge in [-0.2, -0.15) is 0 Å². The fourth-order valence-electron chi connectivity index (χ4n) is 3.92. The molecule has 0 aromatic rings. The summed E-state index contributed by atoms with van der Waals surface area (Å²) in [4.78, 5) is 22.9. The molecule has 1 saturated heterocycles. The van der Waals surface area contributed by atoms with Crippen molar-refractivity contribution in [2.24, 2.45) is 17.8 Å². The van der Waals surface area contributed by atoms with Crippen molar-refractivity contribution < 1.29 is 14.3 Å². The monoisotopic (exact) mass is 391 g/mol. The number of carbonyl (C=O) groups excluding carboxylic acids is 2. The summed E-state index contributed by atoms with van der Waals surface area (Å²) in [5, 5.41) is 3.48. The number of nitrogens with one attached hydrogen (secondary N) is 1. The van der Waals surface area contributed by atoms with Crippen LogP contribution in [0.25, 0.3) is 0 Å². The highest BCUT2D eigenvalue weighted by atomic mass is 16.5. The van der Waals surface area contributed by atoms with Crippen LogP contribution in [0.1, 0.15) is 78.1 Å². The van der Waals surface area contributed by atoms with Crippen LogP contribution in [0.15, 0.2) is 24.3 Å². The maximum absolute atomic E-state index is 12.7. The summed E-state index contributed by atoms with van der Waals surface area (Å²) in [6.07, 6.45) is 14.8. The quantitative estimate of drug-likeness (QED) is 0.222. The summed E-state index contributed by atoms with van der Waals surface area (Å²) >= 11 is 0. The molecule has 4 nitrogen and oxygen atoms in total. The van der Waals surface area contributed by atoms with Crippen molar-refractivity contribution in [2.45, 2.75) is 78.1 Å². The summed E-state index contributed by atoms with van der Waals surface area (Å²) in [6.45, 7) is 11.3. The van der Waals surface area contributed by atoms with Gasteiger partial charge in [0.15, 0.2) is 0 Å². The first-order valence-corrected chi connectivity index (χ1v) is 11.2. The molecule has 0 aliphatic carbocycles. The van der Waals surface area contributed by atoms with Crippen molar-refractivity contribution in [3.63, 3.8) is 0 Å². The van der Waals surface area contributed by atoms with Crippen LogP contribution in [0, 0.1) is 17.8 Å². The van der Waals surface area contributed by atoms with Crippen molar-refractivity contribution in [3.8, 4) is 0 Å². The molecule has 0 aromatic heterocycles. The number of carbonyl (C=O) groups is 2. The fraction of sp³-hybridized carbons (Fsp3) is 0.750. The molecule has 1 fully saturated rings. The van der Waals surface area contributed by atoms with E-state index in [2.05, 4.69) is 31.8 Å². The van der Waals surface area contributed by atoms with E-state index in [1.165, 1.54) is 50.8 Å².